The first kappa shape index (κ1) is 17.6. The van der Waals surface area contributed by atoms with Crippen molar-refractivity contribution in [2.45, 2.75) is 13.5 Å². The van der Waals surface area contributed by atoms with E-state index in [1.807, 2.05) is 37.3 Å². The van der Waals surface area contributed by atoms with E-state index in [4.69, 9.17) is 4.74 Å². The number of hydrogen-bond donors (Lipinski definition) is 0. The van der Waals surface area contributed by atoms with Gasteiger partial charge in [0.25, 0.3) is 5.91 Å². The van der Waals surface area contributed by atoms with Gasteiger partial charge in [0.2, 0.25) is 0 Å². The molecular formula is C21H21N3O2. The molecular weight excluding hydrogens is 326 g/mol. The van der Waals surface area contributed by atoms with E-state index < -0.39 is 0 Å². The number of carbonyl (C=O) groups is 1. The van der Waals surface area contributed by atoms with Crippen LogP contribution in [-0.2, 0) is 6.54 Å². The number of aromatic nitrogens is 1. The van der Waals surface area contributed by atoms with E-state index in [1.165, 1.54) is 0 Å². The molecule has 132 valence electrons. The summed E-state index contributed by atoms with van der Waals surface area (Å²) in [5, 5.41) is 10.7. The molecule has 26 heavy (non-hydrogen) atoms. The molecule has 0 aliphatic rings. The second-order valence-corrected chi connectivity index (χ2v) is 6.24. The SMILES string of the molecule is CCn1c(-c2ccc(C(=O)N(C)C)cc2)c(C#N)c2ccc(OC)cc21. The lowest BCUT2D eigenvalue weighted by molar-refractivity contribution is 0.0827. The number of amides is 1. The number of aryl methyl sites for hydroxylation is 1. The van der Waals surface area contributed by atoms with E-state index in [0.717, 1.165) is 34.5 Å². The molecule has 2 aromatic carbocycles. The number of hydrogen-bond acceptors (Lipinski definition) is 3. The van der Waals surface area contributed by atoms with Crippen molar-refractivity contribution in [1.29, 1.82) is 5.26 Å². The normalized spacial score (nSPS) is 10.6. The van der Waals surface area contributed by atoms with Crippen molar-refractivity contribution < 1.29 is 9.53 Å². The molecule has 0 aliphatic heterocycles. The molecule has 3 rings (SSSR count). The molecule has 0 N–H and O–H groups in total. The zero-order valence-corrected chi connectivity index (χ0v) is 15.4. The Kier molecular flexibility index (Phi) is 4.68. The summed E-state index contributed by atoms with van der Waals surface area (Å²) in [5.74, 6) is 0.713. The zero-order valence-electron chi connectivity index (χ0n) is 15.4. The fraction of sp³-hybridized carbons (Fsp3) is 0.238. The van der Waals surface area contributed by atoms with Crippen molar-refractivity contribution in [3.63, 3.8) is 0 Å². The molecule has 3 aromatic rings. The summed E-state index contributed by atoms with van der Waals surface area (Å²) in [5.41, 5.74) is 4.00. The van der Waals surface area contributed by atoms with E-state index in [0.29, 0.717) is 11.1 Å². The zero-order chi connectivity index (χ0) is 18.8. The van der Waals surface area contributed by atoms with Crippen LogP contribution >= 0.6 is 0 Å². The Labute approximate surface area is 153 Å². The van der Waals surface area contributed by atoms with Gasteiger partial charge in [0.1, 0.15) is 11.8 Å². The molecule has 0 radical (unpaired) electrons. The van der Waals surface area contributed by atoms with E-state index in [9.17, 15) is 10.1 Å². The van der Waals surface area contributed by atoms with Crippen molar-refractivity contribution in [3.05, 3.63) is 53.6 Å². The second-order valence-electron chi connectivity index (χ2n) is 6.24. The molecule has 0 bridgehead atoms. The summed E-state index contributed by atoms with van der Waals surface area (Å²) in [6, 6.07) is 15.5. The first-order chi connectivity index (χ1) is 12.5. The van der Waals surface area contributed by atoms with Crippen molar-refractivity contribution in [2.75, 3.05) is 21.2 Å². The minimum atomic E-state index is -0.0437. The third kappa shape index (κ3) is 2.80. The monoisotopic (exact) mass is 347 g/mol. The topological polar surface area (TPSA) is 58.3 Å². The number of nitrogens with zero attached hydrogens (tertiary/aromatic N) is 3. The van der Waals surface area contributed by atoms with Crippen molar-refractivity contribution in [2.24, 2.45) is 0 Å². The minimum Gasteiger partial charge on any atom is -0.497 e. The maximum absolute atomic E-state index is 12.1. The van der Waals surface area contributed by atoms with Gasteiger partial charge >= 0.3 is 0 Å². The lowest BCUT2D eigenvalue weighted by Crippen LogP contribution is -2.21. The van der Waals surface area contributed by atoms with Gasteiger partial charge in [-0.1, -0.05) is 12.1 Å². The number of nitriles is 1. The van der Waals surface area contributed by atoms with Crippen LogP contribution in [0.4, 0.5) is 0 Å². The summed E-state index contributed by atoms with van der Waals surface area (Å²) in [7, 11) is 5.09. The smallest absolute Gasteiger partial charge is 0.253 e. The average Bonchev–Trinajstić information content (AvgIpc) is 2.99. The Morgan fingerprint density at radius 1 is 1.19 bits per heavy atom. The fourth-order valence-electron chi connectivity index (χ4n) is 3.23. The van der Waals surface area contributed by atoms with E-state index in [1.54, 1.807) is 38.2 Å². The Bertz CT molecular complexity index is 1010. The summed E-state index contributed by atoms with van der Waals surface area (Å²) < 4.78 is 7.45. The van der Waals surface area contributed by atoms with Crippen molar-refractivity contribution >= 4 is 16.8 Å². The third-order valence-electron chi connectivity index (χ3n) is 4.51. The lowest BCUT2D eigenvalue weighted by Gasteiger charge is -2.12. The lowest BCUT2D eigenvalue weighted by atomic mass is 10.0. The summed E-state index contributed by atoms with van der Waals surface area (Å²) >= 11 is 0. The first-order valence-electron chi connectivity index (χ1n) is 8.44. The quantitative estimate of drug-likeness (QED) is 0.719. The highest BCUT2D eigenvalue weighted by Crippen LogP contribution is 2.35. The number of ether oxygens (including phenoxy) is 1. The first-order valence-corrected chi connectivity index (χ1v) is 8.44. The van der Waals surface area contributed by atoms with Gasteiger partial charge < -0.3 is 14.2 Å². The van der Waals surface area contributed by atoms with E-state index in [2.05, 4.69) is 10.6 Å². The molecule has 0 aliphatic carbocycles. The van der Waals surface area contributed by atoms with Gasteiger partial charge in [-0.05, 0) is 36.8 Å². The highest BCUT2D eigenvalue weighted by molar-refractivity contribution is 5.97. The Balaban J connectivity index is 2.21. The largest absolute Gasteiger partial charge is 0.497 e. The van der Waals surface area contributed by atoms with E-state index in [-0.39, 0.29) is 5.91 Å². The van der Waals surface area contributed by atoms with E-state index >= 15 is 0 Å². The van der Waals surface area contributed by atoms with Crippen molar-refractivity contribution in [3.8, 4) is 23.1 Å². The molecule has 1 heterocycles. The standard InChI is InChI=1S/C21H21N3O2/c1-5-24-19-12-16(26-4)10-11-17(19)18(13-22)20(24)14-6-8-15(9-7-14)21(25)23(2)3/h6-12H,5H2,1-4H3. The molecule has 0 unspecified atom stereocenters. The van der Waals surface area contributed by atoms with Crippen LogP contribution in [0.2, 0.25) is 0 Å². The van der Waals surface area contributed by atoms with Crippen LogP contribution in [0, 0.1) is 11.3 Å². The molecule has 5 nitrogen and oxygen atoms in total. The molecule has 0 saturated heterocycles. The van der Waals surface area contributed by atoms with Gasteiger partial charge in [-0.3, -0.25) is 4.79 Å². The Morgan fingerprint density at radius 2 is 1.88 bits per heavy atom. The summed E-state index contributed by atoms with van der Waals surface area (Å²) in [6.45, 7) is 2.77. The maximum atomic E-state index is 12.1. The molecule has 0 saturated carbocycles. The van der Waals surface area contributed by atoms with Crippen LogP contribution in [0.25, 0.3) is 22.2 Å². The maximum Gasteiger partial charge on any atom is 0.253 e. The molecule has 0 spiro atoms. The predicted molar refractivity (Wildman–Crippen MR) is 102 cm³/mol. The number of methoxy groups -OCH3 is 1. The fourth-order valence-corrected chi connectivity index (χ4v) is 3.23. The average molecular weight is 347 g/mol. The molecule has 1 amide bonds. The number of benzene rings is 2. The van der Waals surface area contributed by atoms with Crippen LogP contribution < -0.4 is 4.74 Å². The van der Waals surface area contributed by atoms with Crippen LogP contribution in [-0.4, -0.2) is 36.6 Å². The van der Waals surface area contributed by atoms with Crippen LogP contribution in [0.5, 0.6) is 5.75 Å². The van der Waals surface area contributed by atoms with Gasteiger partial charge in [-0.2, -0.15) is 5.26 Å². The summed E-state index contributed by atoms with van der Waals surface area (Å²) in [4.78, 5) is 13.7. The Hall–Kier alpha value is -3.26. The molecule has 0 atom stereocenters. The minimum absolute atomic E-state index is 0.0437. The number of fused-ring (bicyclic) bond motifs is 1. The second kappa shape index (κ2) is 6.93. The van der Waals surface area contributed by atoms with Gasteiger partial charge in [-0.15, -0.1) is 0 Å². The van der Waals surface area contributed by atoms with Gasteiger partial charge in [0.15, 0.2) is 0 Å². The third-order valence-corrected chi connectivity index (χ3v) is 4.51. The van der Waals surface area contributed by atoms with Gasteiger partial charge in [0.05, 0.1) is 23.9 Å². The molecule has 1 aromatic heterocycles. The van der Waals surface area contributed by atoms with Gasteiger partial charge in [-0.25, -0.2) is 0 Å². The van der Waals surface area contributed by atoms with Crippen LogP contribution in [0.15, 0.2) is 42.5 Å². The Morgan fingerprint density at radius 3 is 2.42 bits per heavy atom. The molecule has 5 heteroatoms. The highest BCUT2D eigenvalue weighted by atomic mass is 16.5. The highest BCUT2D eigenvalue weighted by Gasteiger charge is 2.19. The summed E-state index contributed by atoms with van der Waals surface area (Å²) in [6.07, 6.45) is 0. The van der Waals surface area contributed by atoms with Crippen LogP contribution in [0.3, 0.4) is 0 Å². The number of rotatable bonds is 4. The van der Waals surface area contributed by atoms with Gasteiger partial charge in [0, 0.05) is 37.7 Å². The molecule has 0 fully saturated rings. The number of carbonyl (C=O) groups excluding carboxylic acids is 1. The van der Waals surface area contributed by atoms with Crippen LogP contribution in [0.1, 0.15) is 22.8 Å². The predicted octanol–water partition coefficient (Wildman–Crippen LogP) is 3.91. The van der Waals surface area contributed by atoms with Crippen molar-refractivity contribution in [1.82, 2.24) is 9.47 Å².